The average Bonchev–Trinajstić information content (AvgIpc) is 2.71. The third kappa shape index (κ3) is 11.3. The quantitative estimate of drug-likeness (QED) is 0.174. The molecule has 0 aliphatic carbocycles. The molecule has 1 rings (SSSR count). The van der Waals surface area contributed by atoms with Gasteiger partial charge in [-0.3, -0.25) is 9.11 Å². The molecule has 0 spiro atoms. The molecule has 0 aromatic heterocycles. The van der Waals surface area contributed by atoms with Crippen molar-refractivity contribution >= 4 is 20.2 Å². The first-order valence-corrected chi connectivity index (χ1v) is 15.1. The highest BCUT2D eigenvalue weighted by atomic mass is 32.2. The van der Waals surface area contributed by atoms with Gasteiger partial charge in [-0.05, 0) is 48.9 Å². The third-order valence-electron chi connectivity index (χ3n) is 5.90. The smallest absolute Gasteiger partial charge is 0.282 e. The van der Waals surface area contributed by atoms with Gasteiger partial charge in [0.05, 0.1) is 9.79 Å². The van der Waals surface area contributed by atoms with E-state index in [1.54, 1.807) is 0 Å². The molecule has 0 saturated heterocycles. The molecule has 0 aliphatic rings. The lowest BCUT2D eigenvalue weighted by Gasteiger charge is -2.14. The Morgan fingerprint density at radius 2 is 0.812 bits per heavy atom. The van der Waals surface area contributed by atoms with Gasteiger partial charge in [-0.25, -0.2) is 0 Å². The molecule has 0 aliphatic heterocycles. The van der Waals surface area contributed by atoms with Crippen LogP contribution in [0.3, 0.4) is 0 Å². The summed E-state index contributed by atoms with van der Waals surface area (Å²) in [6.45, 7) is 4.31. The van der Waals surface area contributed by atoms with Crippen LogP contribution < -0.4 is 0 Å². The second-order valence-corrected chi connectivity index (χ2v) is 11.5. The predicted octanol–water partition coefficient (Wildman–Crippen LogP) is 6.77. The Morgan fingerprint density at radius 1 is 0.531 bits per heavy atom. The van der Waals surface area contributed by atoms with E-state index >= 15 is 0 Å². The minimum Gasteiger partial charge on any atom is -0.282 e. The van der Waals surface area contributed by atoms with Crippen molar-refractivity contribution in [1.82, 2.24) is 0 Å². The van der Waals surface area contributed by atoms with Crippen molar-refractivity contribution < 1.29 is 25.9 Å². The summed E-state index contributed by atoms with van der Waals surface area (Å²) in [4.78, 5) is -0.484. The van der Waals surface area contributed by atoms with Gasteiger partial charge in [0.25, 0.3) is 20.2 Å². The van der Waals surface area contributed by atoms with Crippen molar-refractivity contribution in [2.45, 2.75) is 126 Å². The number of rotatable bonds is 18. The molecule has 0 saturated carbocycles. The largest absolute Gasteiger partial charge is 0.294 e. The van der Waals surface area contributed by atoms with Crippen LogP contribution in [0.5, 0.6) is 0 Å². The van der Waals surface area contributed by atoms with E-state index in [9.17, 15) is 25.9 Å². The van der Waals surface area contributed by atoms with Gasteiger partial charge in [-0.15, -0.1) is 0 Å². The first kappa shape index (κ1) is 29.1. The van der Waals surface area contributed by atoms with Crippen LogP contribution in [0.1, 0.15) is 115 Å². The maximum atomic E-state index is 12.0. The number of hydrogen-bond donors (Lipinski definition) is 2. The van der Waals surface area contributed by atoms with Crippen LogP contribution >= 0.6 is 0 Å². The van der Waals surface area contributed by atoms with Gasteiger partial charge >= 0.3 is 0 Å². The van der Waals surface area contributed by atoms with Crippen molar-refractivity contribution in [3.8, 4) is 0 Å². The molecule has 0 radical (unpaired) electrons. The summed E-state index contributed by atoms with van der Waals surface area (Å²) in [5.41, 5.74) is 0.494. The lowest BCUT2D eigenvalue weighted by molar-refractivity contribution is 0.475. The minimum atomic E-state index is -4.49. The summed E-state index contributed by atoms with van der Waals surface area (Å²) in [6, 6.07) is 2.48. The second-order valence-electron chi connectivity index (χ2n) is 8.76. The Labute approximate surface area is 195 Å². The van der Waals surface area contributed by atoms with Gasteiger partial charge in [0, 0.05) is 0 Å². The molecule has 186 valence electrons. The number of unbranched alkanes of at least 4 members (excludes halogenated alkanes) is 12. The van der Waals surface area contributed by atoms with Crippen LogP contribution in [0.25, 0.3) is 0 Å². The molecule has 8 heteroatoms. The van der Waals surface area contributed by atoms with E-state index in [2.05, 4.69) is 13.8 Å². The van der Waals surface area contributed by atoms with E-state index < -0.39 is 20.2 Å². The molecule has 1 aromatic rings. The predicted molar refractivity (Wildman–Crippen MR) is 129 cm³/mol. The van der Waals surface area contributed by atoms with Crippen LogP contribution in [0.4, 0.5) is 0 Å². The summed E-state index contributed by atoms with van der Waals surface area (Å²) in [5.74, 6) is 0. The minimum absolute atomic E-state index is 0.242. The highest BCUT2D eigenvalue weighted by Gasteiger charge is 2.23. The highest BCUT2D eigenvalue weighted by molar-refractivity contribution is 7.86. The molecule has 0 unspecified atom stereocenters. The fourth-order valence-corrected chi connectivity index (χ4v) is 5.63. The zero-order chi connectivity index (χ0) is 24.0. The normalized spacial score (nSPS) is 12.4. The summed E-state index contributed by atoms with van der Waals surface area (Å²) < 4.78 is 67.5. The van der Waals surface area contributed by atoms with Crippen molar-refractivity contribution in [2.24, 2.45) is 0 Å². The number of benzene rings is 1. The van der Waals surface area contributed by atoms with Crippen molar-refractivity contribution in [1.29, 1.82) is 0 Å². The Morgan fingerprint density at radius 3 is 1.09 bits per heavy atom. The fourth-order valence-electron chi connectivity index (χ4n) is 4.06. The number of aryl methyl sites for hydroxylation is 2. The highest BCUT2D eigenvalue weighted by Crippen LogP contribution is 2.28. The monoisotopic (exact) mass is 490 g/mol. The molecule has 2 N–H and O–H groups in total. The van der Waals surface area contributed by atoms with Crippen molar-refractivity contribution in [3.05, 3.63) is 23.3 Å². The molecule has 6 nitrogen and oxygen atoms in total. The molecular formula is C24H42O6S2. The molecule has 0 heterocycles. The Kier molecular flexibility index (Phi) is 13.7. The van der Waals surface area contributed by atoms with Crippen molar-refractivity contribution in [3.63, 3.8) is 0 Å². The number of hydrogen-bond acceptors (Lipinski definition) is 4. The molecule has 0 bridgehead atoms. The van der Waals surface area contributed by atoms with Crippen LogP contribution in [0.15, 0.2) is 21.9 Å². The van der Waals surface area contributed by atoms with Gasteiger partial charge in [-0.2, -0.15) is 16.8 Å². The first-order valence-electron chi connectivity index (χ1n) is 12.2. The van der Waals surface area contributed by atoms with E-state index in [0.717, 1.165) is 38.5 Å². The van der Waals surface area contributed by atoms with Crippen LogP contribution in [0.2, 0.25) is 0 Å². The van der Waals surface area contributed by atoms with E-state index in [0.29, 0.717) is 25.7 Å². The van der Waals surface area contributed by atoms with Crippen LogP contribution in [-0.4, -0.2) is 25.9 Å². The van der Waals surface area contributed by atoms with Crippen molar-refractivity contribution in [2.75, 3.05) is 0 Å². The Bertz CT molecular complexity index is 802. The molecule has 0 amide bonds. The summed E-state index contributed by atoms with van der Waals surface area (Å²) >= 11 is 0. The fraction of sp³-hybridized carbons (Fsp3) is 0.750. The molecule has 0 fully saturated rings. The maximum Gasteiger partial charge on any atom is 0.294 e. The lowest BCUT2D eigenvalue weighted by atomic mass is 10.0. The molecule has 32 heavy (non-hydrogen) atoms. The zero-order valence-corrected chi connectivity index (χ0v) is 21.4. The third-order valence-corrected chi connectivity index (χ3v) is 7.77. The Hall–Kier alpha value is -0.960. The topological polar surface area (TPSA) is 109 Å². The Balaban J connectivity index is 2.92. The standard InChI is InChI=1S/C24H42O6S2/c1-3-5-7-9-11-13-15-17-21-19-24(32(28,29)30)22(20-23(21)31(25,26)27)18-16-14-12-10-8-6-4-2/h19-20H,3-18H2,1-2H3,(H,25,26,27)(H,28,29,30). The van der Waals surface area contributed by atoms with E-state index in [-0.39, 0.29) is 20.9 Å². The van der Waals surface area contributed by atoms with E-state index in [1.165, 1.54) is 50.7 Å². The van der Waals surface area contributed by atoms with E-state index in [1.807, 2.05) is 0 Å². The summed E-state index contributed by atoms with van der Waals surface area (Å²) in [6.07, 6.45) is 15.2. The van der Waals surface area contributed by atoms with E-state index in [4.69, 9.17) is 0 Å². The second kappa shape index (κ2) is 15.0. The molecule has 1 aromatic carbocycles. The van der Waals surface area contributed by atoms with Crippen LogP contribution in [-0.2, 0) is 33.1 Å². The first-order chi connectivity index (χ1) is 15.1. The summed E-state index contributed by atoms with van der Waals surface area (Å²) in [5, 5.41) is 0. The van der Waals surface area contributed by atoms with Gasteiger partial charge in [0.1, 0.15) is 0 Å². The SMILES string of the molecule is CCCCCCCCCc1cc(S(=O)(=O)O)c(CCCCCCCCC)cc1S(=O)(=O)O. The van der Waals surface area contributed by atoms with Gasteiger partial charge < -0.3 is 0 Å². The van der Waals surface area contributed by atoms with Gasteiger partial charge in [-0.1, -0.05) is 90.9 Å². The zero-order valence-electron chi connectivity index (χ0n) is 19.8. The van der Waals surface area contributed by atoms with Crippen LogP contribution in [0, 0.1) is 0 Å². The van der Waals surface area contributed by atoms with Gasteiger partial charge in [0.2, 0.25) is 0 Å². The lowest BCUT2D eigenvalue weighted by Crippen LogP contribution is -2.10. The summed E-state index contributed by atoms with van der Waals surface area (Å²) in [7, 11) is -8.99. The molecule has 0 atom stereocenters. The average molecular weight is 491 g/mol. The molecular weight excluding hydrogens is 448 g/mol. The maximum absolute atomic E-state index is 12.0. The van der Waals surface area contributed by atoms with Gasteiger partial charge in [0.15, 0.2) is 0 Å².